The van der Waals surface area contributed by atoms with Crippen LogP contribution in [0.3, 0.4) is 0 Å². The molecule has 0 unspecified atom stereocenters. The largest absolute Gasteiger partial charge is 0.364 e. The van der Waals surface area contributed by atoms with Crippen molar-refractivity contribution in [1.82, 2.24) is 5.32 Å². The maximum atomic E-state index is 10.1. The van der Waals surface area contributed by atoms with Crippen molar-refractivity contribution in [2.24, 2.45) is 0 Å². The number of hydrogen-bond donors (Lipinski definition) is 1. The van der Waals surface area contributed by atoms with Crippen molar-refractivity contribution in [3.05, 3.63) is 21.3 Å². The fourth-order valence-electron chi connectivity index (χ4n) is 0.523. The molecule has 0 aromatic rings. The maximum Gasteiger partial charge on any atom is 0.263 e. The molecule has 1 N–H and O–H groups in total. The summed E-state index contributed by atoms with van der Waals surface area (Å²) in [7, 11) is 0. The van der Waals surface area contributed by atoms with Crippen LogP contribution in [-0.4, -0.2) is 17.2 Å². The van der Waals surface area contributed by atoms with E-state index >= 15 is 0 Å². The lowest BCUT2D eigenvalue weighted by Gasteiger charge is -2.01. The predicted octanol–water partition coefficient (Wildman–Crippen LogP) is 1.04. The highest BCUT2D eigenvalue weighted by atomic mass is 32.2. The predicted molar refractivity (Wildman–Crippen MR) is 50.0 cm³/mol. The van der Waals surface area contributed by atoms with Crippen molar-refractivity contribution in [3.63, 3.8) is 0 Å². The van der Waals surface area contributed by atoms with Gasteiger partial charge in [-0.1, -0.05) is 12.8 Å². The van der Waals surface area contributed by atoms with E-state index in [1.54, 1.807) is 0 Å². The van der Waals surface area contributed by atoms with Crippen LogP contribution in [0.25, 0.3) is 0 Å². The Labute approximate surface area is 75.6 Å². The summed E-state index contributed by atoms with van der Waals surface area (Å²) in [6.07, 6.45) is 5.91. The van der Waals surface area contributed by atoms with E-state index in [-0.39, 0.29) is 0 Å². The first-order valence-corrected chi connectivity index (χ1v) is 4.34. The Balaban J connectivity index is 4.04. The molecule has 0 aliphatic rings. The quantitative estimate of drug-likeness (QED) is 0.396. The van der Waals surface area contributed by atoms with Crippen LogP contribution in [0.1, 0.15) is 6.92 Å². The average Bonchev–Trinajstić information content (AvgIpc) is 2.00. The van der Waals surface area contributed by atoms with Crippen LogP contribution in [0.5, 0.6) is 0 Å². The fraction of sp³-hybridized carbons (Fsp3) is 0.429. The molecular weight excluding hydrogens is 176 g/mol. The zero-order chi connectivity index (χ0) is 9.40. The highest BCUT2D eigenvalue weighted by Gasteiger charge is 1.99. The first-order chi connectivity index (χ1) is 5.70. The van der Waals surface area contributed by atoms with E-state index in [2.05, 4.69) is 11.2 Å². The summed E-state index contributed by atoms with van der Waals surface area (Å²) < 4.78 is 0. The van der Waals surface area contributed by atoms with Crippen LogP contribution >= 0.6 is 11.8 Å². The molecule has 0 saturated heterocycles. The topological polar surface area (TPSA) is 55.2 Å². The Bertz CT molecular complexity index is 220. The van der Waals surface area contributed by atoms with Gasteiger partial charge in [0.15, 0.2) is 0 Å². The van der Waals surface area contributed by atoms with Gasteiger partial charge in [0.25, 0.3) is 6.20 Å². The third-order valence-corrected chi connectivity index (χ3v) is 1.74. The van der Waals surface area contributed by atoms with Gasteiger partial charge >= 0.3 is 0 Å². The summed E-state index contributed by atoms with van der Waals surface area (Å²) in [6, 6.07) is 0. The van der Waals surface area contributed by atoms with Crippen molar-refractivity contribution in [1.29, 1.82) is 0 Å². The molecule has 0 aromatic heterocycles. The highest BCUT2D eigenvalue weighted by Crippen LogP contribution is 2.10. The smallest absolute Gasteiger partial charge is 0.263 e. The van der Waals surface area contributed by atoms with Gasteiger partial charge in [-0.05, 0) is 5.75 Å². The minimum absolute atomic E-state index is 0.312. The van der Waals surface area contributed by atoms with Gasteiger partial charge in [-0.25, -0.2) is 0 Å². The summed E-state index contributed by atoms with van der Waals surface area (Å²) in [5.74, 6) is 3.12. The number of terminal acetylenes is 1. The van der Waals surface area contributed by atoms with Crippen molar-refractivity contribution in [3.8, 4) is 12.3 Å². The van der Waals surface area contributed by atoms with Crippen molar-refractivity contribution in [2.45, 2.75) is 6.92 Å². The third-order valence-electron chi connectivity index (χ3n) is 0.887. The molecule has 0 aromatic carbocycles. The minimum Gasteiger partial charge on any atom is -0.364 e. The molecule has 0 aliphatic heterocycles. The van der Waals surface area contributed by atoms with Crippen LogP contribution < -0.4 is 5.32 Å². The van der Waals surface area contributed by atoms with E-state index in [0.717, 1.165) is 12.0 Å². The molecule has 12 heavy (non-hydrogen) atoms. The number of nitrogens with zero attached hydrogens (tertiary/aromatic N) is 1. The molecule has 0 spiro atoms. The van der Waals surface area contributed by atoms with E-state index < -0.39 is 4.92 Å². The number of nitrogens with one attached hydrogen (secondary N) is 1. The van der Waals surface area contributed by atoms with Crippen molar-refractivity contribution < 1.29 is 4.92 Å². The fourth-order valence-corrected chi connectivity index (χ4v) is 1.17. The number of thioether (sulfide) groups is 1. The molecular formula is C7H10N2O2S. The van der Waals surface area contributed by atoms with E-state index in [4.69, 9.17) is 6.42 Å². The number of nitro groups is 1. The zero-order valence-corrected chi connectivity index (χ0v) is 7.56. The first-order valence-electron chi connectivity index (χ1n) is 3.36. The standard InChI is InChI=1S/C7H10N2O2S/c1-3-5-8-7(12-4-2)6-9(10)11/h1,6,8H,4-5H2,2H3/b7-6-. The summed E-state index contributed by atoms with van der Waals surface area (Å²) >= 11 is 1.36. The molecule has 0 saturated carbocycles. The van der Waals surface area contributed by atoms with Gasteiger partial charge in [-0.2, -0.15) is 0 Å². The van der Waals surface area contributed by atoms with Gasteiger partial charge in [0.2, 0.25) is 0 Å². The monoisotopic (exact) mass is 186 g/mol. The van der Waals surface area contributed by atoms with E-state index in [0.29, 0.717) is 11.6 Å². The van der Waals surface area contributed by atoms with Gasteiger partial charge in [0.1, 0.15) is 5.03 Å². The Morgan fingerprint density at radius 1 is 1.92 bits per heavy atom. The van der Waals surface area contributed by atoms with Crippen molar-refractivity contribution in [2.75, 3.05) is 12.3 Å². The average molecular weight is 186 g/mol. The van der Waals surface area contributed by atoms with Crippen LogP contribution in [0, 0.1) is 22.5 Å². The van der Waals surface area contributed by atoms with Gasteiger partial charge < -0.3 is 5.32 Å². The summed E-state index contributed by atoms with van der Waals surface area (Å²) in [5.41, 5.74) is 0. The number of rotatable bonds is 5. The molecule has 4 nitrogen and oxygen atoms in total. The van der Waals surface area contributed by atoms with Crippen LogP contribution in [0.2, 0.25) is 0 Å². The molecule has 66 valence electrons. The molecule has 0 radical (unpaired) electrons. The van der Waals surface area contributed by atoms with Crippen LogP contribution in [0.4, 0.5) is 0 Å². The molecule has 5 heteroatoms. The summed E-state index contributed by atoms with van der Waals surface area (Å²) in [4.78, 5) is 9.57. The molecule has 0 heterocycles. The lowest BCUT2D eigenvalue weighted by molar-refractivity contribution is -0.403. The summed E-state index contributed by atoms with van der Waals surface area (Å²) in [5, 5.41) is 13.3. The van der Waals surface area contributed by atoms with Gasteiger partial charge in [0.05, 0.1) is 11.5 Å². The molecule has 0 rings (SSSR count). The van der Waals surface area contributed by atoms with E-state index in [1.165, 1.54) is 11.8 Å². The Kier molecular flexibility index (Phi) is 5.93. The Morgan fingerprint density at radius 3 is 3.00 bits per heavy atom. The minimum atomic E-state index is -0.499. The van der Waals surface area contributed by atoms with E-state index in [1.807, 2.05) is 6.92 Å². The Hall–Kier alpha value is -1.15. The van der Waals surface area contributed by atoms with Gasteiger partial charge in [0, 0.05) is 0 Å². The molecule has 0 fully saturated rings. The van der Waals surface area contributed by atoms with Crippen molar-refractivity contribution >= 4 is 11.8 Å². The maximum absolute atomic E-state index is 10.1. The number of hydrogen-bond acceptors (Lipinski definition) is 4. The lowest BCUT2D eigenvalue weighted by Crippen LogP contribution is -2.12. The second-order valence-electron chi connectivity index (χ2n) is 1.77. The normalized spacial score (nSPS) is 10.5. The first kappa shape index (κ1) is 10.8. The summed E-state index contributed by atoms with van der Waals surface area (Å²) in [6.45, 7) is 2.22. The van der Waals surface area contributed by atoms with E-state index in [9.17, 15) is 10.1 Å². The highest BCUT2D eigenvalue weighted by molar-refractivity contribution is 8.02. The zero-order valence-electron chi connectivity index (χ0n) is 6.74. The lowest BCUT2D eigenvalue weighted by atomic mass is 10.7. The third kappa shape index (κ3) is 5.62. The SMILES string of the molecule is C#CCN/C(=C/[N+](=O)[O-])SCC. The second kappa shape index (κ2) is 6.55. The molecule has 0 bridgehead atoms. The molecule has 0 amide bonds. The Morgan fingerprint density at radius 2 is 2.58 bits per heavy atom. The molecule has 0 atom stereocenters. The van der Waals surface area contributed by atoms with Crippen LogP contribution in [0.15, 0.2) is 11.2 Å². The molecule has 0 aliphatic carbocycles. The van der Waals surface area contributed by atoms with Crippen LogP contribution in [-0.2, 0) is 0 Å². The van der Waals surface area contributed by atoms with Gasteiger partial charge in [-0.15, -0.1) is 18.2 Å². The second-order valence-corrected chi connectivity index (χ2v) is 3.08. The van der Waals surface area contributed by atoms with Gasteiger partial charge in [-0.3, -0.25) is 10.1 Å².